The number of allylic oxidation sites excluding steroid dienone is 1. The summed E-state index contributed by atoms with van der Waals surface area (Å²) in [6.07, 6.45) is 9.09. The lowest BCUT2D eigenvalue weighted by Gasteiger charge is -2.24. The van der Waals surface area contributed by atoms with Gasteiger partial charge in [-0.25, -0.2) is 0 Å². The van der Waals surface area contributed by atoms with Crippen LogP contribution < -0.4 is 10.4 Å². The molecule has 286 valence electrons. The number of furan rings is 1. The largest absolute Gasteiger partial charge is 0.455 e. The van der Waals surface area contributed by atoms with Gasteiger partial charge in [0.1, 0.15) is 11.2 Å². The molecule has 0 radical (unpaired) electrons. The van der Waals surface area contributed by atoms with E-state index in [0.29, 0.717) is 0 Å². The molecule has 0 spiro atoms. The normalized spacial score (nSPS) is 15.0. The number of hydrogen-bond donors (Lipinski definition) is 0. The first-order valence-electron chi connectivity index (χ1n) is 21.5. The van der Waals surface area contributed by atoms with E-state index in [1.165, 1.54) is 120 Å². The maximum atomic E-state index is 6.76. The van der Waals surface area contributed by atoms with Crippen LogP contribution in [0.25, 0.3) is 111 Å². The molecular formula is C59H44O. The van der Waals surface area contributed by atoms with Crippen LogP contribution in [-0.2, 0) is 11.8 Å². The molecule has 2 aliphatic carbocycles. The molecule has 1 heteroatoms. The van der Waals surface area contributed by atoms with E-state index in [9.17, 15) is 0 Å². The van der Waals surface area contributed by atoms with Crippen LogP contribution in [0.15, 0.2) is 156 Å². The summed E-state index contributed by atoms with van der Waals surface area (Å²) in [4.78, 5) is 0. The van der Waals surface area contributed by atoms with Crippen molar-refractivity contribution in [3.8, 4) is 33.4 Å². The van der Waals surface area contributed by atoms with E-state index in [4.69, 9.17) is 4.42 Å². The van der Waals surface area contributed by atoms with E-state index >= 15 is 0 Å². The molecule has 0 atom stereocenters. The maximum absolute atomic E-state index is 6.76. The van der Waals surface area contributed by atoms with Crippen LogP contribution >= 0.6 is 0 Å². The number of para-hydroxylation sites is 1. The molecule has 12 rings (SSSR count). The first-order chi connectivity index (χ1) is 29.4. The lowest BCUT2D eigenvalue weighted by Crippen LogP contribution is -2.29. The average molecular weight is 769 g/mol. The fourth-order valence-electron chi connectivity index (χ4n) is 11.2. The highest BCUT2D eigenvalue weighted by Crippen LogP contribution is 2.56. The van der Waals surface area contributed by atoms with Crippen molar-refractivity contribution < 1.29 is 4.42 Å². The van der Waals surface area contributed by atoms with E-state index in [2.05, 4.69) is 198 Å². The first-order valence-corrected chi connectivity index (χ1v) is 21.5. The third kappa shape index (κ3) is 4.87. The topological polar surface area (TPSA) is 13.1 Å². The fraction of sp³-hybridized carbons (Fsp3) is 0.119. The van der Waals surface area contributed by atoms with Gasteiger partial charge in [-0.2, -0.15) is 0 Å². The van der Waals surface area contributed by atoms with E-state index < -0.39 is 0 Å². The second-order valence-electron chi connectivity index (χ2n) is 17.3. The van der Waals surface area contributed by atoms with E-state index in [0.717, 1.165) is 24.0 Å². The molecule has 1 heterocycles. The monoisotopic (exact) mass is 768 g/mol. The molecule has 9 aromatic carbocycles. The quantitative estimate of drug-likeness (QED) is 0.174. The minimum atomic E-state index is -0.190. The second kappa shape index (κ2) is 13.0. The third-order valence-electron chi connectivity index (χ3n) is 13.9. The van der Waals surface area contributed by atoms with Gasteiger partial charge in [-0.15, -0.1) is 0 Å². The van der Waals surface area contributed by atoms with E-state index in [1.807, 2.05) is 0 Å². The summed E-state index contributed by atoms with van der Waals surface area (Å²) in [5.41, 5.74) is 17.7. The summed E-state index contributed by atoms with van der Waals surface area (Å²) in [6, 6.07) is 56.3. The average Bonchev–Trinajstić information content (AvgIpc) is 3.80. The van der Waals surface area contributed by atoms with Crippen LogP contribution in [0.3, 0.4) is 0 Å². The van der Waals surface area contributed by atoms with Gasteiger partial charge in [0, 0.05) is 21.8 Å². The van der Waals surface area contributed by atoms with Gasteiger partial charge in [-0.1, -0.05) is 172 Å². The molecule has 2 aliphatic rings. The third-order valence-corrected chi connectivity index (χ3v) is 13.9. The zero-order chi connectivity index (χ0) is 40.3. The van der Waals surface area contributed by atoms with Crippen molar-refractivity contribution >= 4 is 78.1 Å². The van der Waals surface area contributed by atoms with Gasteiger partial charge in [0.05, 0.1) is 0 Å². The molecule has 0 amide bonds. The highest BCUT2D eigenvalue weighted by atomic mass is 16.3. The molecular weight excluding hydrogens is 725 g/mol. The highest BCUT2D eigenvalue weighted by molar-refractivity contribution is 6.25. The van der Waals surface area contributed by atoms with Crippen molar-refractivity contribution in [1.29, 1.82) is 0 Å². The molecule has 0 saturated heterocycles. The van der Waals surface area contributed by atoms with Crippen LogP contribution in [0, 0.1) is 0 Å². The molecule has 0 N–H and O–H groups in total. The van der Waals surface area contributed by atoms with E-state index in [1.54, 1.807) is 0 Å². The van der Waals surface area contributed by atoms with Gasteiger partial charge in [-0.3, -0.25) is 0 Å². The number of aryl methyl sites for hydroxylation is 1. The van der Waals surface area contributed by atoms with Crippen molar-refractivity contribution in [2.75, 3.05) is 0 Å². The Bertz CT molecular complexity index is 3640. The summed E-state index contributed by atoms with van der Waals surface area (Å²) in [6.45, 7) is 9.18. The molecule has 0 unspecified atom stereocenters. The van der Waals surface area contributed by atoms with Gasteiger partial charge >= 0.3 is 0 Å². The Labute approximate surface area is 350 Å². The van der Waals surface area contributed by atoms with Gasteiger partial charge in [0.25, 0.3) is 0 Å². The Balaban J connectivity index is 0.978. The van der Waals surface area contributed by atoms with Crippen LogP contribution in [0.1, 0.15) is 61.9 Å². The minimum Gasteiger partial charge on any atom is -0.455 e. The standard InChI is InChI=1S/C59H44O/c1-5-41-42(6-2)54(44-24-15-17-35-16-7-8-18-43(35)44)46-20-10-9-19-45(46)53(41)40-29-28-36-32-37(26-27-38(36)33-40)39-30-31-49-51(34-39)59(3,4)57-48-22-12-11-21-47(48)55-50-23-13-14-25-52(50)60-58(55)56(49)57/h5-25,28-34H,26-27H2,1-4H3/b41-5+,42-6+. The lowest BCUT2D eigenvalue weighted by atomic mass is 9.78. The van der Waals surface area contributed by atoms with Crippen molar-refractivity contribution in [3.05, 3.63) is 190 Å². The maximum Gasteiger partial charge on any atom is 0.144 e. The van der Waals surface area contributed by atoms with Gasteiger partial charge in [0.2, 0.25) is 0 Å². The molecule has 0 bridgehead atoms. The minimum absolute atomic E-state index is 0.190. The van der Waals surface area contributed by atoms with Crippen LogP contribution in [0.2, 0.25) is 0 Å². The number of hydrogen-bond acceptors (Lipinski definition) is 1. The zero-order valence-corrected chi connectivity index (χ0v) is 34.5. The van der Waals surface area contributed by atoms with E-state index in [-0.39, 0.29) is 5.41 Å². The Kier molecular flexibility index (Phi) is 7.60. The number of rotatable bonds is 3. The molecule has 1 nitrogen and oxygen atoms in total. The molecule has 0 fully saturated rings. The number of benzene rings is 9. The smallest absolute Gasteiger partial charge is 0.144 e. The van der Waals surface area contributed by atoms with Crippen molar-refractivity contribution in [2.24, 2.45) is 0 Å². The predicted molar refractivity (Wildman–Crippen MR) is 257 cm³/mol. The highest BCUT2D eigenvalue weighted by Gasteiger charge is 2.40. The van der Waals surface area contributed by atoms with Gasteiger partial charge in [0.15, 0.2) is 0 Å². The SMILES string of the molecule is C/C=c1/c(-c2ccc3c(c2)CCC(c2ccc4c(c2)C(C)(C)c2c-4c4oc5ccccc5c4c4ccccc24)=C3)c2ccccc2c(-c2cccc3ccccc23)/c1=C/C. The Morgan fingerprint density at radius 1 is 0.517 bits per heavy atom. The van der Waals surface area contributed by atoms with Crippen LogP contribution in [0.5, 0.6) is 0 Å². The zero-order valence-electron chi connectivity index (χ0n) is 34.5. The molecule has 1 aromatic heterocycles. The van der Waals surface area contributed by atoms with Crippen molar-refractivity contribution in [1.82, 2.24) is 0 Å². The van der Waals surface area contributed by atoms with Crippen molar-refractivity contribution in [2.45, 2.75) is 46.0 Å². The van der Waals surface area contributed by atoms with Gasteiger partial charge in [-0.05, 0) is 143 Å². The summed E-state index contributed by atoms with van der Waals surface area (Å²) >= 11 is 0. The molecule has 0 aliphatic heterocycles. The summed E-state index contributed by atoms with van der Waals surface area (Å²) in [5.74, 6) is 0. The molecule has 10 aromatic rings. The Hall–Kier alpha value is -6.96. The Morgan fingerprint density at radius 2 is 1.17 bits per heavy atom. The summed E-state index contributed by atoms with van der Waals surface area (Å²) in [5, 5.41) is 12.7. The van der Waals surface area contributed by atoms with Crippen LogP contribution in [-0.4, -0.2) is 0 Å². The van der Waals surface area contributed by atoms with Gasteiger partial charge < -0.3 is 4.42 Å². The first kappa shape index (κ1) is 35.0. The molecule has 0 saturated carbocycles. The number of fused-ring (bicyclic) bond motifs is 13. The lowest BCUT2D eigenvalue weighted by molar-refractivity contribution is 0.657. The molecule has 60 heavy (non-hydrogen) atoms. The predicted octanol–water partition coefficient (Wildman–Crippen LogP) is 14.8. The fourth-order valence-corrected chi connectivity index (χ4v) is 11.2. The Morgan fingerprint density at radius 3 is 1.97 bits per heavy atom. The van der Waals surface area contributed by atoms with Crippen molar-refractivity contribution in [3.63, 3.8) is 0 Å². The second-order valence-corrected chi connectivity index (χ2v) is 17.3. The van der Waals surface area contributed by atoms with Crippen LogP contribution in [0.4, 0.5) is 0 Å². The summed E-state index contributed by atoms with van der Waals surface area (Å²) < 4.78 is 6.76. The summed E-state index contributed by atoms with van der Waals surface area (Å²) in [7, 11) is 0.